The molecular formula is C21H26N4. The Kier molecular flexibility index (Phi) is 5.61. The highest BCUT2D eigenvalue weighted by atomic mass is 15.5. The Morgan fingerprint density at radius 3 is 2.52 bits per heavy atom. The van der Waals surface area contributed by atoms with Gasteiger partial charge in [0.1, 0.15) is 11.7 Å². The van der Waals surface area contributed by atoms with E-state index in [9.17, 15) is 0 Å². The standard InChI is InChI=1S/C21H26N4/c1-4-5-15-24(16-18-11-7-6-8-12-18)21(17(2)3)25-20-14-10-9-13-19(20)22-23-25/h4,6-14,17,21H,1,5,15-16H2,2-3H3. The minimum Gasteiger partial charge on any atom is -0.277 e. The van der Waals surface area contributed by atoms with E-state index in [0.717, 1.165) is 30.5 Å². The lowest BCUT2D eigenvalue weighted by molar-refractivity contribution is 0.0817. The quantitative estimate of drug-likeness (QED) is 0.562. The van der Waals surface area contributed by atoms with E-state index in [1.165, 1.54) is 5.56 Å². The Hall–Kier alpha value is -2.46. The molecule has 3 rings (SSSR count). The number of benzene rings is 2. The highest BCUT2D eigenvalue weighted by Gasteiger charge is 2.26. The molecule has 3 aromatic rings. The number of hydrogen-bond donors (Lipinski definition) is 0. The van der Waals surface area contributed by atoms with Crippen molar-refractivity contribution < 1.29 is 0 Å². The molecule has 0 N–H and O–H groups in total. The smallest absolute Gasteiger partial charge is 0.113 e. The largest absolute Gasteiger partial charge is 0.277 e. The summed E-state index contributed by atoms with van der Waals surface area (Å²) in [6.45, 7) is 10.2. The predicted octanol–water partition coefficient (Wildman–Crippen LogP) is 4.66. The first-order valence-electron chi connectivity index (χ1n) is 8.89. The van der Waals surface area contributed by atoms with Gasteiger partial charge in [-0.3, -0.25) is 4.90 Å². The molecule has 1 aromatic heterocycles. The summed E-state index contributed by atoms with van der Waals surface area (Å²) in [5.41, 5.74) is 3.33. The third kappa shape index (κ3) is 3.97. The van der Waals surface area contributed by atoms with Crippen LogP contribution in [-0.2, 0) is 6.54 Å². The van der Waals surface area contributed by atoms with Crippen molar-refractivity contribution in [1.29, 1.82) is 0 Å². The number of para-hydroxylation sites is 1. The second kappa shape index (κ2) is 8.08. The molecule has 0 aliphatic carbocycles. The molecule has 0 fully saturated rings. The van der Waals surface area contributed by atoms with E-state index < -0.39 is 0 Å². The molecule has 130 valence electrons. The minimum atomic E-state index is 0.146. The van der Waals surface area contributed by atoms with Crippen molar-refractivity contribution in [1.82, 2.24) is 19.9 Å². The molecule has 0 radical (unpaired) electrons. The van der Waals surface area contributed by atoms with Gasteiger partial charge < -0.3 is 0 Å². The van der Waals surface area contributed by atoms with Crippen LogP contribution in [0.5, 0.6) is 0 Å². The maximum absolute atomic E-state index is 4.49. The summed E-state index contributed by atoms with van der Waals surface area (Å²) in [6, 6.07) is 18.8. The van der Waals surface area contributed by atoms with E-state index in [2.05, 4.69) is 76.7 Å². The fourth-order valence-electron chi connectivity index (χ4n) is 3.32. The molecule has 1 atom stereocenters. The molecule has 0 bridgehead atoms. The van der Waals surface area contributed by atoms with Crippen LogP contribution >= 0.6 is 0 Å². The first-order chi connectivity index (χ1) is 12.2. The van der Waals surface area contributed by atoms with E-state index in [-0.39, 0.29) is 6.17 Å². The molecule has 4 nitrogen and oxygen atoms in total. The van der Waals surface area contributed by atoms with Gasteiger partial charge in [0.2, 0.25) is 0 Å². The van der Waals surface area contributed by atoms with Crippen molar-refractivity contribution in [2.45, 2.75) is 33.0 Å². The zero-order valence-electron chi connectivity index (χ0n) is 15.0. The van der Waals surface area contributed by atoms with Crippen molar-refractivity contribution in [2.24, 2.45) is 5.92 Å². The number of nitrogens with zero attached hydrogens (tertiary/aromatic N) is 4. The molecule has 25 heavy (non-hydrogen) atoms. The predicted molar refractivity (Wildman–Crippen MR) is 103 cm³/mol. The van der Waals surface area contributed by atoms with E-state index in [1.807, 2.05) is 24.3 Å². The first kappa shape index (κ1) is 17.4. The van der Waals surface area contributed by atoms with Crippen LogP contribution in [-0.4, -0.2) is 26.4 Å². The summed E-state index contributed by atoms with van der Waals surface area (Å²) in [5.74, 6) is 0.402. The topological polar surface area (TPSA) is 34.0 Å². The third-order valence-electron chi connectivity index (χ3n) is 4.45. The van der Waals surface area contributed by atoms with Gasteiger partial charge in [0.15, 0.2) is 0 Å². The third-order valence-corrected chi connectivity index (χ3v) is 4.45. The average Bonchev–Trinajstić information content (AvgIpc) is 3.04. The first-order valence-corrected chi connectivity index (χ1v) is 8.89. The average molecular weight is 334 g/mol. The molecule has 0 aliphatic heterocycles. The zero-order valence-corrected chi connectivity index (χ0v) is 15.0. The Morgan fingerprint density at radius 1 is 1.08 bits per heavy atom. The lowest BCUT2D eigenvalue weighted by Gasteiger charge is -2.34. The molecule has 0 aliphatic rings. The number of aromatic nitrogens is 3. The van der Waals surface area contributed by atoms with Crippen LogP contribution in [0.2, 0.25) is 0 Å². The van der Waals surface area contributed by atoms with Gasteiger partial charge in [0.05, 0.1) is 5.52 Å². The van der Waals surface area contributed by atoms with Gasteiger partial charge >= 0.3 is 0 Å². The number of rotatable bonds is 8. The van der Waals surface area contributed by atoms with Gasteiger partial charge in [0, 0.05) is 13.1 Å². The van der Waals surface area contributed by atoms with Crippen LogP contribution in [0.15, 0.2) is 67.3 Å². The maximum Gasteiger partial charge on any atom is 0.113 e. The van der Waals surface area contributed by atoms with Gasteiger partial charge in [-0.2, -0.15) is 0 Å². The summed E-state index contributed by atoms with van der Waals surface area (Å²) >= 11 is 0. The summed E-state index contributed by atoms with van der Waals surface area (Å²) in [6.07, 6.45) is 3.07. The lowest BCUT2D eigenvalue weighted by Crippen LogP contribution is -2.37. The highest BCUT2D eigenvalue weighted by molar-refractivity contribution is 5.73. The maximum atomic E-state index is 4.49. The van der Waals surface area contributed by atoms with Crippen molar-refractivity contribution >= 4 is 11.0 Å². The SMILES string of the molecule is C=CCCN(Cc1ccccc1)C(C(C)C)n1nnc2ccccc21. The Bertz CT molecular complexity index is 807. The molecule has 0 spiro atoms. The van der Waals surface area contributed by atoms with Crippen LogP contribution in [0.3, 0.4) is 0 Å². The molecule has 2 aromatic carbocycles. The molecule has 1 heterocycles. The second-order valence-corrected chi connectivity index (χ2v) is 6.71. The van der Waals surface area contributed by atoms with Crippen molar-refractivity contribution in [3.05, 3.63) is 72.8 Å². The molecule has 4 heteroatoms. The monoisotopic (exact) mass is 334 g/mol. The molecule has 0 amide bonds. The van der Waals surface area contributed by atoms with E-state index in [1.54, 1.807) is 0 Å². The minimum absolute atomic E-state index is 0.146. The summed E-state index contributed by atoms with van der Waals surface area (Å²) < 4.78 is 2.08. The Morgan fingerprint density at radius 2 is 1.80 bits per heavy atom. The van der Waals surface area contributed by atoms with Gasteiger partial charge in [-0.15, -0.1) is 11.7 Å². The van der Waals surface area contributed by atoms with E-state index in [0.29, 0.717) is 5.92 Å². The van der Waals surface area contributed by atoms with E-state index in [4.69, 9.17) is 0 Å². The summed E-state index contributed by atoms with van der Waals surface area (Å²) in [4.78, 5) is 2.48. The summed E-state index contributed by atoms with van der Waals surface area (Å²) in [7, 11) is 0. The van der Waals surface area contributed by atoms with Gasteiger partial charge in [-0.25, -0.2) is 4.68 Å². The molecule has 0 saturated carbocycles. The summed E-state index contributed by atoms with van der Waals surface area (Å²) in [5, 5.41) is 8.84. The Labute approximate surface area is 149 Å². The molecular weight excluding hydrogens is 308 g/mol. The van der Waals surface area contributed by atoms with Gasteiger partial charge in [-0.05, 0) is 30.0 Å². The lowest BCUT2D eigenvalue weighted by atomic mass is 10.1. The fraction of sp³-hybridized carbons (Fsp3) is 0.333. The van der Waals surface area contributed by atoms with Crippen molar-refractivity contribution in [3.8, 4) is 0 Å². The second-order valence-electron chi connectivity index (χ2n) is 6.71. The van der Waals surface area contributed by atoms with Crippen LogP contribution in [0.1, 0.15) is 32.0 Å². The fourth-order valence-corrected chi connectivity index (χ4v) is 3.32. The normalized spacial score (nSPS) is 12.8. The van der Waals surface area contributed by atoms with Gasteiger partial charge in [0.25, 0.3) is 0 Å². The number of fused-ring (bicyclic) bond motifs is 1. The highest BCUT2D eigenvalue weighted by Crippen LogP contribution is 2.27. The zero-order chi connectivity index (χ0) is 17.6. The molecule has 1 unspecified atom stereocenters. The molecule has 0 saturated heterocycles. The van der Waals surface area contributed by atoms with Crippen LogP contribution < -0.4 is 0 Å². The van der Waals surface area contributed by atoms with Crippen LogP contribution in [0.25, 0.3) is 11.0 Å². The number of hydrogen-bond acceptors (Lipinski definition) is 3. The van der Waals surface area contributed by atoms with E-state index >= 15 is 0 Å². The van der Waals surface area contributed by atoms with Gasteiger partial charge in [-0.1, -0.05) is 67.6 Å². The Balaban J connectivity index is 1.97. The van der Waals surface area contributed by atoms with Crippen molar-refractivity contribution in [2.75, 3.05) is 6.54 Å². The van der Waals surface area contributed by atoms with Crippen molar-refractivity contribution in [3.63, 3.8) is 0 Å². The van der Waals surface area contributed by atoms with Crippen LogP contribution in [0, 0.1) is 5.92 Å². The van der Waals surface area contributed by atoms with Crippen LogP contribution in [0.4, 0.5) is 0 Å².